The van der Waals surface area contributed by atoms with Gasteiger partial charge in [-0.3, -0.25) is 4.68 Å². The van der Waals surface area contributed by atoms with E-state index in [1.54, 1.807) is 12.4 Å². The number of anilines is 1. The number of hydrogen-bond acceptors (Lipinski definition) is 4. The van der Waals surface area contributed by atoms with Gasteiger partial charge in [0.15, 0.2) is 5.82 Å². The molecule has 2 rings (SSSR count). The Morgan fingerprint density at radius 2 is 2.24 bits per heavy atom. The minimum Gasteiger partial charge on any atom is -0.370 e. The molecule has 0 fully saturated rings. The molecule has 2 heterocycles. The standard InChI is InChI=1S/C12H17N5/c1-3-7-17-9-10(8-15-17)12-14-6-5-11(16-12)13-4-2/h5-6,8-9H,3-4,7H2,1-2H3,(H,13,14,16). The molecule has 5 nitrogen and oxygen atoms in total. The molecule has 0 saturated heterocycles. The van der Waals surface area contributed by atoms with E-state index < -0.39 is 0 Å². The minimum absolute atomic E-state index is 0.714. The monoisotopic (exact) mass is 231 g/mol. The molecule has 0 aliphatic carbocycles. The van der Waals surface area contributed by atoms with Gasteiger partial charge in [-0.2, -0.15) is 5.10 Å². The third-order valence-electron chi connectivity index (χ3n) is 2.36. The lowest BCUT2D eigenvalue weighted by atomic mass is 10.3. The molecule has 2 aromatic rings. The van der Waals surface area contributed by atoms with E-state index in [2.05, 4.69) is 27.3 Å². The average molecular weight is 231 g/mol. The summed E-state index contributed by atoms with van der Waals surface area (Å²) in [6.07, 6.45) is 6.62. The van der Waals surface area contributed by atoms with Crippen LogP contribution in [-0.4, -0.2) is 26.3 Å². The fourth-order valence-corrected chi connectivity index (χ4v) is 1.61. The molecule has 17 heavy (non-hydrogen) atoms. The van der Waals surface area contributed by atoms with Crippen molar-refractivity contribution in [2.24, 2.45) is 0 Å². The van der Waals surface area contributed by atoms with Gasteiger partial charge in [-0.1, -0.05) is 6.92 Å². The first-order valence-electron chi connectivity index (χ1n) is 5.93. The second kappa shape index (κ2) is 5.43. The zero-order valence-electron chi connectivity index (χ0n) is 10.2. The predicted octanol–water partition coefficient (Wildman–Crippen LogP) is 2.18. The lowest BCUT2D eigenvalue weighted by Crippen LogP contribution is -2.00. The first kappa shape index (κ1) is 11.6. The number of aromatic nitrogens is 4. The van der Waals surface area contributed by atoms with Gasteiger partial charge in [-0.15, -0.1) is 0 Å². The second-order valence-electron chi connectivity index (χ2n) is 3.79. The van der Waals surface area contributed by atoms with Crippen molar-refractivity contribution in [2.75, 3.05) is 11.9 Å². The maximum atomic E-state index is 4.43. The zero-order valence-corrected chi connectivity index (χ0v) is 10.2. The third kappa shape index (κ3) is 2.81. The summed E-state index contributed by atoms with van der Waals surface area (Å²) >= 11 is 0. The van der Waals surface area contributed by atoms with Crippen molar-refractivity contribution in [3.05, 3.63) is 24.7 Å². The van der Waals surface area contributed by atoms with Crippen LogP contribution in [0.4, 0.5) is 5.82 Å². The van der Waals surface area contributed by atoms with Gasteiger partial charge in [0, 0.05) is 25.5 Å². The largest absolute Gasteiger partial charge is 0.370 e. The van der Waals surface area contributed by atoms with E-state index in [1.807, 2.05) is 23.9 Å². The van der Waals surface area contributed by atoms with Crippen molar-refractivity contribution in [3.8, 4) is 11.4 Å². The lowest BCUT2D eigenvalue weighted by Gasteiger charge is -2.02. The van der Waals surface area contributed by atoms with Crippen LogP contribution in [0.2, 0.25) is 0 Å². The molecule has 0 radical (unpaired) electrons. The van der Waals surface area contributed by atoms with E-state index in [4.69, 9.17) is 0 Å². The number of nitrogens with one attached hydrogen (secondary N) is 1. The van der Waals surface area contributed by atoms with Crippen molar-refractivity contribution in [1.82, 2.24) is 19.7 Å². The molecule has 0 aliphatic heterocycles. The summed E-state index contributed by atoms with van der Waals surface area (Å²) in [6.45, 7) is 5.95. The molecule has 5 heteroatoms. The molecule has 0 aliphatic rings. The van der Waals surface area contributed by atoms with Gasteiger partial charge in [0.2, 0.25) is 0 Å². The maximum Gasteiger partial charge on any atom is 0.164 e. The third-order valence-corrected chi connectivity index (χ3v) is 2.36. The van der Waals surface area contributed by atoms with Gasteiger partial charge in [-0.05, 0) is 19.4 Å². The number of rotatable bonds is 5. The van der Waals surface area contributed by atoms with Gasteiger partial charge in [-0.25, -0.2) is 9.97 Å². The van der Waals surface area contributed by atoms with Gasteiger partial charge < -0.3 is 5.32 Å². The van der Waals surface area contributed by atoms with Crippen molar-refractivity contribution >= 4 is 5.82 Å². The highest BCUT2D eigenvalue weighted by atomic mass is 15.3. The summed E-state index contributed by atoms with van der Waals surface area (Å²) in [5.74, 6) is 1.56. The Morgan fingerprint density at radius 1 is 1.35 bits per heavy atom. The minimum atomic E-state index is 0.714. The normalized spacial score (nSPS) is 10.5. The van der Waals surface area contributed by atoms with Crippen molar-refractivity contribution in [3.63, 3.8) is 0 Å². The Labute approximate surface area is 101 Å². The molecule has 90 valence electrons. The predicted molar refractivity (Wildman–Crippen MR) is 67.7 cm³/mol. The molecule has 0 spiro atoms. The number of hydrogen-bond donors (Lipinski definition) is 1. The van der Waals surface area contributed by atoms with Crippen LogP contribution >= 0.6 is 0 Å². The highest BCUT2D eigenvalue weighted by Crippen LogP contribution is 2.15. The first-order chi connectivity index (χ1) is 8.33. The van der Waals surface area contributed by atoms with Crippen LogP contribution in [-0.2, 0) is 6.54 Å². The van der Waals surface area contributed by atoms with Crippen LogP contribution in [0.25, 0.3) is 11.4 Å². The van der Waals surface area contributed by atoms with Gasteiger partial charge in [0.25, 0.3) is 0 Å². The van der Waals surface area contributed by atoms with E-state index in [-0.39, 0.29) is 0 Å². The Balaban J connectivity index is 2.22. The fourth-order valence-electron chi connectivity index (χ4n) is 1.61. The summed E-state index contributed by atoms with van der Waals surface area (Å²) in [4.78, 5) is 8.69. The van der Waals surface area contributed by atoms with Crippen molar-refractivity contribution < 1.29 is 0 Å². The summed E-state index contributed by atoms with van der Waals surface area (Å²) in [6, 6.07) is 1.86. The molecule has 0 saturated carbocycles. The summed E-state index contributed by atoms with van der Waals surface area (Å²) in [7, 11) is 0. The molecule has 0 unspecified atom stereocenters. The Bertz CT molecular complexity index is 477. The molecule has 0 amide bonds. The van der Waals surface area contributed by atoms with Crippen LogP contribution in [0, 0.1) is 0 Å². The summed E-state index contributed by atoms with van der Waals surface area (Å²) in [5.41, 5.74) is 0.957. The number of nitrogens with zero attached hydrogens (tertiary/aromatic N) is 4. The zero-order chi connectivity index (χ0) is 12.1. The lowest BCUT2D eigenvalue weighted by molar-refractivity contribution is 0.603. The maximum absolute atomic E-state index is 4.43. The van der Waals surface area contributed by atoms with Gasteiger partial charge >= 0.3 is 0 Å². The molecular formula is C12H17N5. The van der Waals surface area contributed by atoms with Crippen LogP contribution in [0.1, 0.15) is 20.3 Å². The molecule has 2 aromatic heterocycles. The quantitative estimate of drug-likeness (QED) is 0.857. The van der Waals surface area contributed by atoms with E-state index in [0.29, 0.717) is 5.82 Å². The second-order valence-corrected chi connectivity index (χ2v) is 3.79. The average Bonchev–Trinajstić information content (AvgIpc) is 2.79. The molecule has 0 aromatic carbocycles. The highest BCUT2D eigenvalue weighted by molar-refractivity contribution is 5.54. The van der Waals surface area contributed by atoms with Gasteiger partial charge in [0.1, 0.15) is 5.82 Å². The van der Waals surface area contributed by atoms with E-state index in [0.717, 1.165) is 30.9 Å². The smallest absolute Gasteiger partial charge is 0.164 e. The topological polar surface area (TPSA) is 55.6 Å². The van der Waals surface area contributed by atoms with Crippen LogP contribution in [0.15, 0.2) is 24.7 Å². The molecule has 0 atom stereocenters. The fraction of sp³-hybridized carbons (Fsp3) is 0.417. The SMILES string of the molecule is CCCn1cc(-c2nccc(NCC)n2)cn1. The van der Waals surface area contributed by atoms with Crippen LogP contribution < -0.4 is 5.32 Å². The first-order valence-corrected chi connectivity index (χ1v) is 5.93. The van der Waals surface area contributed by atoms with Crippen LogP contribution in [0.5, 0.6) is 0 Å². The Kier molecular flexibility index (Phi) is 3.69. The van der Waals surface area contributed by atoms with Crippen molar-refractivity contribution in [2.45, 2.75) is 26.8 Å². The highest BCUT2D eigenvalue weighted by Gasteiger charge is 2.05. The molecule has 1 N–H and O–H groups in total. The van der Waals surface area contributed by atoms with E-state index in [9.17, 15) is 0 Å². The molecule has 0 bridgehead atoms. The number of aryl methyl sites for hydroxylation is 1. The van der Waals surface area contributed by atoms with Gasteiger partial charge in [0.05, 0.1) is 11.8 Å². The summed E-state index contributed by atoms with van der Waals surface area (Å²) < 4.78 is 1.92. The Hall–Kier alpha value is -1.91. The van der Waals surface area contributed by atoms with Crippen LogP contribution in [0.3, 0.4) is 0 Å². The van der Waals surface area contributed by atoms with Crippen molar-refractivity contribution in [1.29, 1.82) is 0 Å². The van der Waals surface area contributed by atoms with E-state index in [1.165, 1.54) is 0 Å². The van der Waals surface area contributed by atoms with E-state index >= 15 is 0 Å². The molecular weight excluding hydrogens is 214 g/mol. The Morgan fingerprint density at radius 3 is 3.00 bits per heavy atom. The summed E-state index contributed by atoms with van der Waals surface area (Å²) in [5, 5.41) is 7.45.